The number of hydrogen-bond acceptors (Lipinski definition) is 5. The number of hydrogen-bond donors (Lipinski definition) is 1. The molecule has 0 radical (unpaired) electrons. The standard InChI is InChI=1S/C19H22F2N4O2S/c1-19(2,3)18(27)25-8-6-11(7-9-25)16-23-24-17(28-16)15(26)22-14-5-4-12(20)10-13(14)21/h4-5,10-11H,6-9H2,1-3H3,(H,22,26). The Morgan fingerprint density at radius 3 is 2.46 bits per heavy atom. The van der Waals surface area contributed by atoms with Crippen molar-refractivity contribution in [3.8, 4) is 0 Å². The maximum absolute atomic E-state index is 13.7. The first-order chi connectivity index (χ1) is 13.1. The van der Waals surface area contributed by atoms with Gasteiger partial charge in [0.1, 0.15) is 16.6 Å². The van der Waals surface area contributed by atoms with Gasteiger partial charge in [-0.15, -0.1) is 10.2 Å². The lowest BCUT2D eigenvalue weighted by atomic mass is 9.91. The highest BCUT2D eigenvalue weighted by Crippen LogP contribution is 2.32. The normalized spacial score (nSPS) is 15.5. The predicted molar refractivity (Wildman–Crippen MR) is 102 cm³/mol. The fraction of sp³-hybridized carbons (Fsp3) is 0.474. The number of carbonyl (C=O) groups excluding carboxylic acids is 2. The van der Waals surface area contributed by atoms with E-state index in [9.17, 15) is 18.4 Å². The van der Waals surface area contributed by atoms with Gasteiger partial charge in [0.25, 0.3) is 5.91 Å². The zero-order chi connectivity index (χ0) is 20.5. The molecule has 0 spiro atoms. The SMILES string of the molecule is CC(C)(C)C(=O)N1CCC(c2nnc(C(=O)Nc3ccc(F)cc3F)s2)CC1. The molecule has 150 valence electrons. The first-order valence-corrected chi connectivity index (χ1v) is 9.86. The highest BCUT2D eigenvalue weighted by atomic mass is 32.1. The molecular formula is C19H22F2N4O2S. The second-order valence-electron chi connectivity index (χ2n) is 7.84. The minimum Gasteiger partial charge on any atom is -0.342 e. The summed E-state index contributed by atoms with van der Waals surface area (Å²) in [6.07, 6.45) is 1.51. The second kappa shape index (κ2) is 7.90. The summed E-state index contributed by atoms with van der Waals surface area (Å²) in [6, 6.07) is 2.93. The molecule has 1 N–H and O–H groups in total. The fourth-order valence-electron chi connectivity index (χ4n) is 3.06. The molecule has 3 rings (SSSR count). The number of halogens is 2. The summed E-state index contributed by atoms with van der Waals surface area (Å²) < 4.78 is 26.7. The van der Waals surface area contributed by atoms with Crippen LogP contribution < -0.4 is 5.32 Å². The van der Waals surface area contributed by atoms with Crippen molar-refractivity contribution in [1.82, 2.24) is 15.1 Å². The largest absolute Gasteiger partial charge is 0.342 e. The van der Waals surface area contributed by atoms with E-state index in [4.69, 9.17) is 0 Å². The quantitative estimate of drug-likeness (QED) is 0.838. The summed E-state index contributed by atoms with van der Waals surface area (Å²) in [5.41, 5.74) is -0.520. The van der Waals surface area contributed by atoms with E-state index in [1.807, 2.05) is 25.7 Å². The molecule has 1 aliphatic rings. The lowest BCUT2D eigenvalue weighted by Gasteiger charge is -2.35. The third-order valence-corrected chi connectivity index (χ3v) is 5.67. The number of benzene rings is 1. The number of nitrogens with one attached hydrogen (secondary N) is 1. The van der Waals surface area contributed by atoms with Crippen molar-refractivity contribution in [2.24, 2.45) is 5.41 Å². The van der Waals surface area contributed by atoms with Crippen molar-refractivity contribution in [3.05, 3.63) is 39.8 Å². The minimum atomic E-state index is -0.853. The monoisotopic (exact) mass is 408 g/mol. The zero-order valence-corrected chi connectivity index (χ0v) is 16.8. The summed E-state index contributed by atoms with van der Waals surface area (Å²) in [5, 5.41) is 11.2. The van der Waals surface area contributed by atoms with E-state index in [-0.39, 0.29) is 22.5 Å². The molecule has 6 nitrogen and oxygen atoms in total. The van der Waals surface area contributed by atoms with Crippen molar-refractivity contribution in [1.29, 1.82) is 0 Å². The Balaban J connectivity index is 1.61. The molecule has 1 aromatic carbocycles. The molecule has 1 fully saturated rings. The molecule has 1 saturated heterocycles. The van der Waals surface area contributed by atoms with Gasteiger partial charge >= 0.3 is 0 Å². The third-order valence-electron chi connectivity index (χ3n) is 4.59. The summed E-state index contributed by atoms with van der Waals surface area (Å²) in [4.78, 5) is 26.5. The number of nitrogens with zero attached hydrogens (tertiary/aromatic N) is 3. The average molecular weight is 408 g/mol. The van der Waals surface area contributed by atoms with Crippen LogP contribution in [0.5, 0.6) is 0 Å². The van der Waals surface area contributed by atoms with Gasteiger partial charge in [0.15, 0.2) is 0 Å². The Kier molecular flexibility index (Phi) is 5.74. The van der Waals surface area contributed by atoms with Crippen LogP contribution >= 0.6 is 11.3 Å². The Bertz CT molecular complexity index is 886. The van der Waals surface area contributed by atoms with E-state index in [0.717, 1.165) is 41.3 Å². The van der Waals surface area contributed by atoms with Gasteiger partial charge in [0, 0.05) is 30.5 Å². The van der Waals surface area contributed by atoms with Crippen LogP contribution in [0.25, 0.3) is 0 Å². The molecule has 2 amide bonds. The molecule has 0 aliphatic carbocycles. The number of rotatable bonds is 3. The van der Waals surface area contributed by atoms with Crippen LogP contribution in [0.1, 0.15) is 54.3 Å². The molecule has 2 heterocycles. The summed E-state index contributed by atoms with van der Waals surface area (Å²) >= 11 is 1.16. The van der Waals surface area contributed by atoms with Crippen LogP contribution in [0.15, 0.2) is 18.2 Å². The maximum atomic E-state index is 13.7. The van der Waals surface area contributed by atoms with Crippen molar-refractivity contribution in [2.45, 2.75) is 39.5 Å². The number of piperidine rings is 1. The van der Waals surface area contributed by atoms with Crippen LogP contribution in [0.4, 0.5) is 14.5 Å². The van der Waals surface area contributed by atoms with Crippen LogP contribution in [0.2, 0.25) is 0 Å². The minimum absolute atomic E-state index is 0.114. The first-order valence-electron chi connectivity index (χ1n) is 9.04. The number of aromatic nitrogens is 2. The highest BCUT2D eigenvalue weighted by Gasteiger charge is 2.32. The van der Waals surface area contributed by atoms with Gasteiger partial charge < -0.3 is 10.2 Å². The van der Waals surface area contributed by atoms with Crippen molar-refractivity contribution < 1.29 is 18.4 Å². The Morgan fingerprint density at radius 1 is 1.18 bits per heavy atom. The summed E-state index contributed by atoms with van der Waals surface area (Å²) in [5.74, 6) is -1.90. The first kappa shape index (κ1) is 20.3. The van der Waals surface area contributed by atoms with Crippen molar-refractivity contribution in [3.63, 3.8) is 0 Å². The predicted octanol–water partition coefficient (Wildman–Crippen LogP) is 3.82. The van der Waals surface area contributed by atoms with Crippen LogP contribution in [-0.2, 0) is 4.79 Å². The van der Waals surface area contributed by atoms with Gasteiger partial charge in [-0.1, -0.05) is 32.1 Å². The third kappa shape index (κ3) is 4.52. The highest BCUT2D eigenvalue weighted by molar-refractivity contribution is 7.13. The molecule has 0 atom stereocenters. The second-order valence-corrected chi connectivity index (χ2v) is 8.85. The molecule has 0 bridgehead atoms. The van der Waals surface area contributed by atoms with E-state index < -0.39 is 23.0 Å². The number of amides is 2. The van der Waals surface area contributed by atoms with Gasteiger partial charge in [-0.2, -0.15) is 0 Å². The molecule has 1 aliphatic heterocycles. The van der Waals surface area contributed by atoms with E-state index in [1.165, 1.54) is 0 Å². The lowest BCUT2D eigenvalue weighted by Crippen LogP contribution is -2.43. The van der Waals surface area contributed by atoms with Gasteiger partial charge in [0.05, 0.1) is 5.69 Å². The molecule has 9 heteroatoms. The van der Waals surface area contributed by atoms with Crippen molar-refractivity contribution >= 4 is 28.8 Å². The smallest absolute Gasteiger partial charge is 0.286 e. The maximum Gasteiger partial charge on any atom is 0.286 e. The van der Waals surface area contributed by atoms with Crippen LogP contribution in [0.3, 0.4) is 0 Å². The van der Waals surface area contributed by atoms with E-state index >= 15 is 0 Å². The Labute approximate surface area is 166 Å². The van der Waals surface area contributed by atoms with Crippen molar-refractivity contribution in [2.75, 3.05) is 18.4 Å². The van der Waals surface area contributed by atoms with Gasteiger partial charge in [-0.25, -0.2) is 8.78 Å². The molecule has 28 heavy (non-hydrogen) atoms. The average Bonchev–Trinajstić information content (AvgIpc) is 3.13. The van der Waals surface area contributed by atoms with Crippen LogP contribution in [-0.4, -0.2) is 40.0 Å². The number of carbonyl (C=O) groups is 2. The molecule has 1 aromatic heterocycles. The number of anilines is 1. The van der Waals surface area contributed by atoms with Gasteiger partial charge in [-0.3, -0.25) is 9.59 Å². The Hall–Kier alpha value is -2.42. The molecular weight excluding hydrogens is 386 g/mol. The molecule has 2 aromatic rings. The number of likely N-dealkylation sites (tertiary alicyclic amines) is 1. The van der Waals surface area contributed by atoms with E-state index in [2.05, 4.69) is 15.5 Å². The lowest BCUT2D eigenvalue weighted by molar-refractivity contribution is -0.140. The topological polar surface area (TPSA) is 75.2 Å². The Morgan fingerprint density at radius 2 is 1.86 bits per heavy atom. The van der Waals surface area contributed by atoms with Gasteiger partial charge in [-0.05, 0) is 25.0 Å². The van der Waals surface area contributed by atoms with E-state index in [1.54, 1.807) is 0 Å². The molecule has 0 unspecified atom stereocenters. The molecule has 0 saturated carbocycles. The fourth-order valence-corrected chi connectivity index (χ4v) is 3.97. The summed E-state index contributed by atoms with van der Waals surface area (Å²) in [7, 11) is 0. The van der Waals surface area contributed by atoms with Crippen LogP contribution in [0, 0.1) is 17.0 Å². The zero-order valence-electron chi connectivity index (χ0n) is 16.0. The van der Waals surface area contributed by atoms with Gasteiger partial charge in [0.2, 0.25) is 10.9 Å². The summed E-state index contributed by atoms with van der Waals surface area (Å²) in [6.45, 7) is 6.99. The van der Waals surface area contributed by atoms with E-state index in [0.29, 0.717) is 19.2 Å².